The minimum absolute atomic E-state index is 0.0816. The Morgan fingerprint density at radius 3 is 3.00 bits per heavy atom. The summed E-state index contributed by atoms with van der Waals surface area (Å²) in [5, 5.41) is 19.6. The Labute approximate surface area is 186 Å². The van der Waals surface area contributed by atoms with Crippen LogP contribution in [0.3, 0.4) is 0 Å². The van der Waals surface area contributed by atoms with Gasteiger partial charge in [-0.15, -0.1) is 0 Å². The zero-order chi connectivity index (χ0) is 23.5. The molecule has 1 aliphatic heterocycles. The van der Waals surface area contributed by atoms with Crippen molar-refractivity contribution in [3.63, 3.8) is 0 Å². The molecule has 13 heteroatoms. The number of likely N-dealkylation sites (tertiary alicyclic amines) is 1. The fraction of sp³-hybridized carbons (Fsp3) is 0.350. The summed E-state index contributed by atoms with van der Waals surface area (Å²) in [6, 6.07) is 1.26. The van der Waals surface area contributed by atoms with Crippen molar-refractivity contribution in [2.75, 3.05) is 23.7 Å². The number of H-pyrrole nitrogens is 1. The maximum absolute atomic E-state index is 14.7. The molecule has 33 heavy (non-hydrogen) atoms. The van der Waals surface area contributed by atoms with Gasteiger partial charge in [-0.25, -0.2) is 13.2 Å². The van der Waals surface area contributed by atoms with Crippen molar-refractivity contribution in [3.05, 3.63) is 36.8 Å². The summed E-state index contributed by atoms with van der Waals surface area (Å²) < 4.78 is 40.9. The molecule has 3 N–H and O–H groups in total. The third-order valence-corrected chi connectivity index (χ3v) is 5.20. The molecule has 3 aromatic rings. The molecular formula is C20H20F3N9O. The number of piperidine rings is 1. The largest absolute Gasteiger partial charge is 0.362 e. The number of nitrogens with one attached hydrogen (secondary N) is 3. The zero-order valence-electron chi connectivity index (χ0n) is 17.3. The molecule has 0 saturated carbocycles. The van der Waals surface area contributed by atoms with Gasteiger partial charge in [-0.05, 0) is 12.5 Å². The Hall–Kier alpha value is -4.08. The number of alkyl halides is 3. The van der Waals surface area contributed by atoms with Crippen LogP contribution in [0.2, 0.25) is 0 Å². The van der Waals surface area contributed by atoms with Crippen molar-refractivity contribution < 1.29 is 18.0 Å². The van der Waals surface area contributed by atoms with Crippen LogP contribution < -0.4 is 10.6 Å². The van der Waals surface area contributed by atoms with Crippen molar-refractivity contribution in [1.29, 1.82) is 5.26 Å². The number of aromatic amines is 1. The summed E-state index contributed by atoms with van der Waals surface area (Å²) in [4.78, 5) is 25.0. The van der Waals surface area contributed by atoms with E-state index in [1.165, 1.54) is 29.6 Å². The molecule has 4 heterocycles. The van der Waals surface area contributed by atoms with Crippen LogP contribution in [0.1, 0.15) is 12.0 Å². The average molecular weight is 459 g/mol. The van der Waals surface area contributed by atoms with Crippen LogP contribution in [0.15, 0.2) is 31.2 Å². The second-order valence-corrected chi connectivity index (χ2v) is 7.44. The Morgan fingerprint density at radius 2 is 2.27 bits per heavy atom. The number of anilines is 3. The van der Waals surface area contributed by atoms with Crippen LogP contribution in [-0.2, 0) is 11.3 Å². The first-order chi connectivity index (χ1) is 15.9. The highest BCUT2D eigenvalue weighted by Crippen LogP contribution is 2.28. The molecule has 172 valence electrons. The third-order valence-electron chi connectivity index (χ3n) is 5.20. The SMILES string of the molecule is C=CC(=O)N1CC[C@@H](F)[C@@H](Nc2nc(Nc3cnn(CC(F)F)c3)nc3[nH]cc(C#N)c23)C1. The monoisotopic (exact) mass is 459 g/mol. The van der Waals surface area contributed by atoms with Crippen LogP contribution in [-0.4, -0.2) is 67.3 Å². The van der Waals surface area contributed by atoms with Gasteiger partial charge in [0, 0.05) is 25.5 Å². The van der Waals surface area contributed by atoms with Gasteiger partial charge < -0.3 is 20.5 Å². The van der Waals surface area contributed by atoms with E-state index in [-0.39, 0.29) is 42.7 Å². The van der Waals surface area contributed by atoms with Gasteiger partial charge in [0.1, 0.15) is 30.3 Å². The summed E-state index contributed by atoms with van der Waals surface area (Å²) in [6.07, 6.45) is 1.68. The molecule has 0 spiro atoms. The summed E-state index contributed by atoms with van der Waals surface area (Å²) in [5.41, 5.74) is 0.947. The second kappa shape index (κ2) is 9.19. The lowest BCUT2D eigenvalue weighted by atomic mass is 10.0. The molecule has 1 amide bonds. The first-order valence-corrected chi connectivity index (χ1v) is 10.1. The highest BCUT2D eigenvalue weighted by atomic mass is 19.3. The van der Waals surface area contributed by atoms with Crippen molar-refractivity contribution in [3.8, 4) is 6.07 Å². The van der Waals surface area contributed by atoms with E-state index < -0.39 is 25.2 Å². The summed E-state index contributed by atoms with van der Waals surface area (Å²) in [6.45, 7) is 3.27. The van der Waals surface area contributed by atoms with Crippen molar-refractivity contribution in [2.45, 2.75) is 31.6 Å². The van der Waals surface area contributed by atoms with E-state index in [0.29, 0.717) is 16.7 Å². The third kappa shape index (κ3) is 4.74. The molecular weight excluding hydrogens is 439 g/mol. The molecule has 2 atom stereocenters. The van der Waals surface area contributed by atoms with E-state index in [1.807, 2.05) is 6.07 Å². The molecule has 0 bridgehead atoms. The molecule has 3 aromatic heterocycles. The number of carbonyl (C=O) groups is 1. The van der Waals surface area contributed by atoms with Crippen LogP contribution >= 0.6 is 0 Å². The summed E-state index contributed by atoms with van der Waals surface area (Å²) in [5.74, 6) is -0.0249. The van der Waals surface area contributed by atoms with Gasteiger partial charge in [-0.3, -0.25) is 9.48 Å². The van der Waals surface area contributed by atoms with E-state index in [9.17, 15) is 23.2 Å². The number of amides is 1. The molecule has 10 nitrogen and oxygen atoms in total. The molecule has 0 radical (unpaired) electrons. The van der Waals surface area contributed by atoms with Gasteiger partial charge in [-0.1, -0.05) is 6.58 Å². The lowest BCUT2D eigenvalue weighted by Crippen LogP contribution is -2.50. The highest BCUT2D eigenvalue weighted by molar-refractivity contribution is 5.94. The second-order valence-electron chi connectivity index (χ2n) is 7.44. The first kappa shape index (κ1) is 22.1. The summed E-state index contributed by atoms with van der Waals surface area (Å²) >= 11 is 0. The number of fused-ring (bicyclic) bond motifs is 1. The predicted molar refractivity (Wildman–Crippen MR) is 114 cm³/mol. The number of hydrogen-bond donors (Lipinski definition) is 3. The number of hydrogen-bond acceptors (Lipinski definition) is 7. The smallest absolute Gasteiger partial charge is 0.257 e. The average Bonchev–Trinajstić information content (AvgIpc) is 3.40. The predicted octanol–water partition coefficient (Wildman–Crippen LogP) is 2.57. The van der Waals surface area contributed by atoms with E-state index >= 15 is 0 Å². The van der Waals surface area contributed by atoms with Gasteiger partial charge in [0.05, 0.1) is 28.9 Å². The molecule has 1 aliphatic rings. The number of halogens is 3. The minimum Gasteiger partial charge on any atom is -0.362 e. The molecule has 1 fully saturated rings. The molecule has 0 unspecified atom stereocenters. The van der Waals surface area contributed by atoms with Gasteiger partial charge >= 0.3 is 0 Å². The number of aromatic nitrogens is 5. The van der Waals surface area contributed by atoms with Gasteiger partial charge in [0.2, 0.25) is 11.9 Å². The van der Waals surface area contributed by atoms with E-state index in [2.05, 4.69) is 37.3 Å². The number of carbonyl (C=O) groups excluding carboxylic acids is 1. The Morgan fingerprint density at radius 1 is 1.45 bits per heavy atom. The Kier molecular flexibility index (Phi) is 6.16. The van der Waals surface area contributed by atoms with Gasteiger partial charge in [0.25, 0.3) is 6.43 Å². The Bertz CT molecular complexity index is 1220. The molecule has 4 rings (SSSR count). The van der Waals surface area contributed by atoms with Crippen molar-refractivity contribution in [1.82, 2.24) is 29.6 Å². The fourth-order valence-electron chi connectivity index (χ4n) is 3.64. The molecule has 0 aromatic carbocycles. The Balaban J connectivity index is 1.64. The van der Waals surface area contributed by atoms with Gasteiger partial charge in [-0.2, -0.15) is 20.3 Å². The minimum atomic E-state index is -2.55. The standard InChI is InChI=1S/C20H20F3N9O/c1-2-16(33)31-4-3-13(21)14(9-31)28-19-17-11(5-24)6-25-18(17)29-20(30-19)27-12-7-26-32(8-12)10-15(22)23/h2,6-8,13-15H,1,3-4,9-10H2,(H3,25,27,28,29,30)/t13-,14+/m1/s1. The van der Waals surface area contributed by atoms with Crippen molar-refractivity contribution in [2.24, 2.45) is 0 Å². The number of nitrogens with zero attached hydrogens (tertiary/aromatic N) is 6. The fourth-order valence-corrected chi connectivity index (χ4v) is 3.64. The van der Waals surface area contributed by atoms with Crippen LogP contribution in [0.5, 0.6) is 0 Å². The highest BCUT2D eigenvalue weighted by Gasteiger charge is 2.32. The van der Waals surface area contributed by atoms with E-state index in [4.69, 9.17) is 0 Å². The lowest BCUT2D eigenvalue weighted by molar-refractivity contribution is -0.127. The first-order valence-electron chi connectivity index (χ1n) is 10.1. The zero-order valence-corrected chi connectivity index (χ0v) is 17.3. The lowest BCUT2D eigenvalue weighted by Gasteiger charge is -2.35. The van der Waals surface area contributed by atoms with Gasteiger partial charge in [0.15, 0.2) is 0 Å². The molecule has 1 saturated heterocycles. The van der Waals surface area contributed by atoms with Crippen LogP contribution in [0, 0.1) is 11.3 Å². The topological polar surface area (TPSA) is 128 Å². The normalized spacial score (nSPS) is 18.3. The van der Waals surface area contributed by atoms with E-state index in [1.54, 1.807) is 0 Å². The van der Waals surface area contributed by atoms with Crippen LogP contribution in [0.4, 0.5) is 30.6 Å². The van der Waals surface area contributed by atoms with Crippen molar-refractivity contribution >= 4 is 34.4 Å². The maximum atomic E-state index is 14.7. The number of rotatable bonds is 7. The maximum Gasteiger partial charge on any atom is 0.257 e. The quantitative estimate of drug-likeness (QED) is 0.464. The summed E-state index contributed by atoms with van der Waals surface area (Å²) in [7, 11) is 0. The van der Waals surface area contributed by atoms with Crippen LogP contribution in [0.25, 0.3) is 11.0 Å². The number of nitriles is 1. The van der Waals surface area contributed by atoms with E-state index in [0.717, 1.165) is 4.68 Å². The molecule has 0 aliphatic carbocycles.